The van der Waals surface area contributed by atoms with Gasteiger partial charge in [-0.2, -0.15) is 0 Å². The molecule has 4 rings (SSSR count). The third-order valence-corrected chi connectivity index (χ3v) is 6.05. The Morgan fingerprint density at radius 2 is 1.63 bits per heavy atom. The van der Waals surface area contributed by atoms with Crippen LogP contribution < -0.4 is 4.74 Å². The standard InChI is InChI=1S/C27H31NO2/c1-28(2,29)17-16-21-8-13-26-19-27(15-14-25(26)18-21)30-20-22-9-11-24(12-10-22)23-6-4-3-5-7-23/h3-7,9-12,14-15,19,21H,8,13,16-18,20H2,1-2H3/t21-/m0/s1. The Bertz CT molecular complexity index is 958. The van der Waals surface area contributed by atoms with Crippen molar-refractivity contribution in [2.24, 2.45) is 5.92 Å². The van der Waals surface area contributed by atoms with E-state index < -0.39 is 0 Å². The fourth-order valence-electron chi connectivity index (χ4n) is 4.23. The summed E-state index contributed by atoms with van der Waals surface area (Å²) in [6.45, 7) is 1.28. The molecule has 3 nitrogen and oxygen atoms in total. The van der Waals surface area contributed by atoms with Gasteiger partial charge in [0, 0.05) is 0 Å². The van der Waals surface area contributed by atoms with Gasteiger partial charge in [-0.05, 0) is 71.6 Å². The first-order chi connectivity index (χ1) is 14.5. The summed E-state index contributed by atoms with van der Waals surface area (Å²) in [5.74, 6) is 1.57. The summed E-state index contributed by atoms with van der Waals surface area (Å²) in [7, 11) is 3.46. The van der Waals surface area contributed by atoms with Crippen molar-refractivity contribution in [3.8, 4) is 16.9 Å². The Morgan fingerprint density at radius 1 is 0.900 bits per heavy atom. The lowest BCUT2D eigenvalue weighted by atomic mass is 9.82. The van der Waals surface area contributed by atoms with Crippen LogP contribution in [0.15, 0.2) is 72.8 Å². The molecule has 0 amide bonds. The number of aryl methyl sites for hydroxylation is 1. The first-order valence-electron chi connectivity index (χ1n) is 10.9. The molecule has 1 atom stereocenters. The van der Waals surface area contributed by atoms with E-state index in [1.54, 1.807) is 14.1 Å². The van der Waals surface area contributed by atoms with Gasteiger partial charge >= 0.3 is 0 Å². The van der Waals surface area contributed by atoms with E-state index in [2.05, 4.69) is 66.7 Å². The molecule has 0 saturated carbocycles. The first kappa shape index (κ1) is 20.6. The lowest BCUT2D eigenvalue weighted by Gasteiger charge is -2.36. The number of hydrogen-bond acceptors (Lipinski definition) is 2. The van der Waals surface area contributed by atoms with Gasteiger partial charge < -0.3 is 14.6 Å². The zero-order valence-electron chi connectivity index (χ0n) is 18.0. The first-order valence-corrected chi connectivity index (χ1v) is 10.9. The number of fused-ring (bicyclic) bond motifs is 1. The Hall–Kier alpha value is -2.62. The fraction of sp³-hybridized carbons (Fsp3) is 0.333. The van der Waals surface area contributed by atoms with E-state index in [9.17, 15) is 5.21 Å². The highest BCUT2D eigenvalue weighted by Gasteiger charge is 2.20. The normalized spacial score (nSPS) is 16.2. The minimum atomic E-state index is -0.192. The van der Waals surface area contributed by atoms with E-state index in [0.717, 1.165) is 31.4 Å². The van der Waals surface area contributed by atoms with Crippen LogP contribution in [0.25, 0.3) is 11.1 Å². The second-order valence-electron chi connectivity index (χ2n) is 8.98. The molecular weight excluding hydrogens is 370 g/mol. The SMILES string of the molecule is C[N+](C)([O-])CC[C@@H]1CCc2cc(OCc3ccc(-c4ccccc4)cc3)ccc2C1. The Morgan fingerprint density at radius 3 is 2.37 bits per heavy atom. The number of ether oxygens (including phenoxy) is 1. The quantitative estimate of drug-likeness (QED) is 0.359. The minimum absolute atomic E-state index is 0.192. The molecule has 0 saturated heterocycles. The average molecular weight is 402 g/mol. The lowest BCUT2D eigenvalue weighted by molar-refractivity contribution is -0.840. The highest BCUT2D eigenvalue weighted by Crippen LogP contribution is 2.31. The van der Waals surface area contributed by atoms with E-state index in [1.807, 2.05) is 6.07 Å². The number of rotatable bonds is 7. The van der Waals surface area contributed by atoms with Gasteiger partial charge in [0.25, 0.3) is 0 Å². The van der Waals surface area contributed by atoms with Gasteiger partial charge in [-0.1, -0.05) is 60.7 Å². The molecule has 0 spiro atoms. The molecule has 0 unspecified atom stereocenters. The van der Waals surface area contributed by atoms with Crippen LogP contribution in [0, 0.1) is 11.1 Å². The number of hydrogen-bond donors (Lipinski definition) is 0. The summed E-state index contributed by atoms with van der Waals surface area (Å²) < 4.78 is 5.89. The van der Waals surface area contributed by atoms with E-state index in [-0.39, 0.29) is 4.65 Å². The average Bonchev–Trinajstić information content (AvgIpc) is 2.76. The van der Waals surface area contributed by atoms with Gasteiger partial charge in [-0.25, -0.2) is 0 Å². The van der Waals surface area contributed by atoms with E-state index in [1.165, 1.54) is 27.8 Å². The van der Waals surface area contributed by atoms with Crippen molar-refractivity contribution in [1.29, 1.82) is 0 Å². The van der Waals surface area contributed by atoms with Gasteiger partial charge in [-0.15, -0.1) is 0 Å². The molecule has 3 aromatic rings. The molecule has 0 bridgehead atoms. The van der Waals surface area contributed by atoms with Crippen LogP contribution in [0.5, 0.6) is 5.75 Å². The van der Waals surface area contributed by atoms with Crippen LogP contribution in [0.1, 0.15) is 29.5 Å². The summed E-state index contributed by atoms with van der Waals surface area (Å²) >= 11 is 0. The predicted octanol–water partition coefficient (Wildman–Crippen LogP) is 6.00. The molecule has 0 heterocycles. The maximum Gasteiger partial charge on any atom is 0.120 e. The molecule has 30 heavy (non-hydrogen) atoms. The van der Waals surface area contributed by atoms with Crippen LogP contribution in [0.3, 0.4) is 0 Å². The van der Waals surface area contributed by atoms with Crippen LogP contribution in [0.4, 0.5) is 0 Å². The van der Waals surface area contributed by atoms with Gasteiger partial charge in [-0.3, -0.25) is 0 Å². The Labute approximate surface area is 180 Å². The molecule has 1 aliphatic carbocycles. The number of quaternary nitrogens is 1. The molecule has 0 N–H and O–H groups in total. The van der Waals surface area contributed by atoms with Gasteiger partial charge in [0.2, 0.25) is 0 Å². The zero-order valence-corrected chi connectivity index (χ0v) is 18.0. The molecule has 3 aromatic carbocycles. The summed E-state index contributed by atoms with van der Waals surface area (Å²) in [6.07, 6.45) is 4.33. The van der Waals surface area contributed by atoms with Crippen molar-refractivity contribution in [1.82, 2.24) is 0 Å². The molecule has 156 valence electrons. The molecule has 1 aliphatic rings. The third-order valence-electron chi connectivity index (χ3n) is 6.05. The van der Waals surface area contributed by atoms with Crippen molar-refractivity contribution in [2.75, 3.05) is 20.6 Å². The summed E-state index contributed by atoms with van der Waals surface area (Å²) in [5, 5.41) is 11.8. The lowest BCUT2D eigenvalue weighted by Crippen LogP contribution is -2.34. The summed E-state index contributed by atoms with van der Waals surface area (Å²) in [6, 6.07) is 25.5. The van der Waals surface area contributed by atoms with Crippen LogP contribution in [-0.4, -0.2) is 25.3 Å². The van der Waals surface area contributed by atoms with Gasteiger partial charge in [0.05, 0.1) is 20.6 Å². The largest absolute Gasteiger partial charge is 0.633 e. The second-order valence-corrected chi connectivity index (χ2v) is 8.98. The smallest absolute Gasteiger partial charge is 0.120 e. The number of nitrogens with zero attached hydrogens (tertiary/aromatic N) is 1. The zero-order chi connectivity index (χ0) is 21.0. The molecule has 0 aliphatic heterocycles. The molecular formula is C27H31NO2. The van der Waals surface area contributed by atoms with Crippen LogP contribution >= 0.6 is 0 Å². The summed E-state index contributed by atoms with van der Waals surface area (Å²) in [5.41, 5.74) is 6.45. The van der Waals surface area contributed by atoms with Crippen molar-refractivity contribution in [3.05, 3.63) is 94.7 Å². The van der Waals surface area contributed by atoms with Gasteiger partial charge in [0.15, 0.2) is 0 Å². The van der Waals surface area contributed by atoms with Crippen LogP contribution in [0.2, 0.25) is 0 Å². The van der Waals surface area contributed by atoms with Crippen LogP contribution in [-0.2, 0) is 19.4 Å². The third kappa shape index (κ3) is 5.50. The maximum absolute atomic E-state index is 11.8. The molecule has 3 heteroatoms. The predicted molar refractivity (Wildman–Crippen MR) is 123 cm³/mol. The van der Waals surface area contributed by atoms with E-state index in [0.29, 0.717) is 19.1 Å². The molecule has 0 radical (unpaired) electrons. The van der Waals surface area contributed by atoms with Crippen molar-refractivity contribution >= 4 is 0 Å². The monoisotopic (exact) mass is 401 g/mol. The number of hydroxylamine groups is 3. The topological polar surface area (TPSA) is 32.3 Å². The Kier molecular flexibility index (Phi) is 6.21. The van der Waals surface area contributed by atoms with Crippen molar-refractivity contribution < 1.29 is 9.38 Å². The highest BCUT2D eigenvalue weighted by atomic mass is 16.5. The fourth-order valence-corrected chi connectivity index (χ4v) is 4.23. The number of benzene rings is 3. The highest BCUT2D eigenvalue weighted by molar-refractivity contribution is 5.63. The van der Waals surface area contributed by atoms with Crippen molar-refractivity contribution in [3.63, 3.8) is 0 Å². The second kappa shape index (κ2) is 9.03. The van der Waals surface area contributed by atoms with Gasteiger partial charge in [0.1, 0.15) is 12.4 Å². The molecule has 0 aromatic heterocycles. The molecule has 0 fully saturated rings. The van der Waals surface area contributed by atoms with E-state index in [4.69, 9.17) is 4.74 Å². The Balaban J connectivity index is 1.33. The van der Waals surface area contributed by atoms with E-state index >= 15 is 0 Å². The maximum atomic E-state index is 11.8. The summed E-state index contributed by atoms with van der Waals surface area (Å²) in [4.78, 5) is 0. The van der Waals surface area contributed by atoms with Crippen molar-refractivity contribution in [2.45, 2.75) is 32.3 Å². The minimum Gasteiger partial charge on any atom is -0.633 e.